The summed E-state index contributed by atoms with van der Waals surface area (Å²) in [6.45, 7) is 3.35. The van der Waals surface area contributed by atoms with Gasteiger partial charge in [0, 0.05) is 19.1 Å². The normalized spacial score (nSPS) is 20.7. The van der Waals surface area contributed by atoms with Crippen LogP contribution >= 0.6 is 0 Å². The van der Waals surface area contributed by atoms with Gasteiger partial charge >= 0.3 is 0 Å². The third-order valence-corrected chi connectivity index (χ3v) is 4.66. The zero-order valence-corrected chi connectivity index (χ0v) is 13.4. The summed E-state index contributed by atoms with van der Waals surface area (Å²) >= 11 is 0. The minimum absolute atomic E-state index is 0.434. The van der Waals surface area contributed by atoms with Crippen molar-refractivity contribution in [1.82, 2.24) is 10.2 Å². The molecule has 0 bridgehead atoms. The van der Waals surface area contributed by atoms with Crippen molar-refractivity contribution >= 4 is 0 Å². The van der Waals surface area contributed by atoms with E-state index < -0.39 is 0 Å². The highest BCUT2D eigenvalue weighted by Crippen LogP contribution is 2.29. The third kappa shape index (κ3) is 3.96. The molecule has 1 heterocycles. The van der Waals surface area contributed by atoms with Gasteiger partial charge in [-0.1, -0.05) is 60.7 Å². The fourth-order valence-electron chi connectivity index (χ4n) is 3.52. The predicted octanol–water partition coefficient (Wildman–Crippen LogP) is 3.86. The van der Waals surface area contributed by atoms with Crippen LogP contribution in [-0.4, -0.2) is 25.0 Å². The molecular weight excluding hydrogens is 268 g/mol. The topological polar surface area (TPSA) is 15.3 Å². The molecule has 2 aromatic rings. The maximum atomic E-state index is 3.82. The van der Waals surface area contributed by atoms with Gasteiger partial charge in [0.2, 0.25) is 0 Å². The summed E-state index contributed by atoms with van der Waals surface area (Å²) in [5.41, 5.74) is 2.77. The van der Waals surface area contributed by atoms with Gasteiger partial charge in [-0.05, 0) is 43.5 Å². The zero-order chi connectivity index (χ0) is 15.2. The molecule has 2 aromatic carbocycles. The molecule has 116 valence electrons. The Morgan fingerprint density at radius 2 is 1.73 bits per heavy atom. The van der Waals surface area contributed by atoms with Gasteiger partial charge in [-0.3, -0.25) is 0 Å². The molecule has 2 heteroatoms. The van der Waals surface area contributed by atoms with Crippen molar-refractivity contribution in [3.8, 4) is 0 Å². The number of nitrogens with zero attached hydrogens (tertiary/aromatic N) is 1. The van der Waals surface area contributed by atoms with Crippen molar-refractivity contribution in [3.05, 3.63) is 71.8 Å². The molecular formula is C20H26N2. The molecule has 0 spiro atoms. The van der Waals surface area contributed by atoms with Gasteiger partial charge in [0.05, 0.1) is 0 Å². The lowest BCUT2D eigenvalue weighted by atomic mass is 9.86. The van der Waals surface area contributed by atoms with E-state index >= 15 is 0 Å². The van der Waals surface area contributed by atoms with Crippen molar-refractivity contribution in [1.29, 1.82) is 0 Å². The maximum absolute atomic E-state index is 3.82. The van der Waals surface area contributed by atoms with Gasteiger partial charge in [0.15, 0.2) is 0 Å². The van der Waals surface area contributed by atoms with Crippen molar-refractivity contribution in [2.75, 3.05) is 20.1 Å². The SMILES string of the molecule is CN1CCCC(C(NCc2ccccc2)c2ccccc2)C1. The first-order valence-corrected chi connectivity index (χ1v) is 8.34. The molecule has 0 amide bonds. The average Bonchev–Trinajstić information content (AvgIpc) is 2.57. The van der Waals surface area contributed by atoms with Crippen LogP contribution < -0.4 is 5.32 Å². The first kappa shape index (κ1) is 15.3. The minimum atomic E-state index is 0.434. The van der Waals surface area contributed by atoms with E-state index in [1.54, 1.807) is 0 Å². The van der Waals surface area contributed by atoms with Crippen LogP contribution in [0.3, 0.4) is 0 Å². The summed E-state index contributed by atoms with van der Waals surface area (Å²) in [6.07, 6.45) is 2.61. The number of benzene rings is 2. The molecule has 3 rings (SSSR count). The first-order valence-electron chi connectivity index (χ1n) is 8.34. The quantitative estimate of drug-likeness (QED) is 0.901. The van der Waals surface area contributed by atoms with E-state index in [1.807, 2.05) is 0 Å². The molecule has 22 heavy (non-hydrogen) atoms. The highest BCUT2D eigenvalue weighted by molar-refractivity contribution is 5.21. The van der Waals surface area contributed by atoms with E-state index in [4.69, 9.17) is 0 Å². The van der Waals surface area contributed by atoms with Crippen molar-refractivity contribution in [2.24, 2.45) is 5.92 Å². The largest absolute Gasteiger partial charge is 0.306 e. The Morgan fingerprint density at radius 3 is 2.41 bits per heavy atom. The standard InChI is InChI=1S/C20H26N2/c1-22-14-8-13-19(16-22)20(18-11-6-3-7-12-18)21-15-17-9-4-2-5-10-17/h2-7,9-12,19-21H,8,13-16H2,1H3. The average molecular weight is 294 g/mol. The van der Waals surface area contributed by atoms with Crippen LogP contribution in [0.5, 0.6) is 0 Å². The molecule has 1 aliphatic rings. The summed E-state index contributed by atoms with van der Waals surface area (Å²) in [4.78, 5) is 2.47. The highest BCUT2D eigenvalue weighted by Gasteiger charge is 2.26. The van der Waals surface area contributed by atoms with Gasteiger partial charge < -0.3 is 10.2 Å². The Hall–Kier alpha value is -1.64. The zero-order valence-electron chi connectivity index (χ0n) is 13.4. The summed E-state index contributed by atoms with van der Waals surface area (Å²) in [6, 6.07) is 22.1. The predicted molar refractivity (Wildman–Crippen MR) is 92.7 cm³/mol. The molecule has 1 saturated heterocycles. The molecule has 0 saturated carbocycles. The van der Waals surface area contributed by atoms with Gasteiger partial charge in [0.1, 0.15) is 0 Å². The van der Waals surface area contributed by atoms with E-state index in [1.165, 1.54) is 37.1 Å². The number of likely N-dealkylation sites (tertiary alicyclic amines) is 1. The summed E-state index contributed by atoms with van der Waals surface area (Å²) in [5, 5.41) is 3.82. The lowest BCUT2D eigenvalue weighted by molar-refractivity contribution is 0.172. The maximum Gasteiger partial charge on any atom is 0.0363 e. The van der Waals surface area contributed by atoms with Crippen LogP contribution in [0.4, 0.5) is 0 Å². The van der Waals surface area contributed by atoms with Gasteiger partial charge in [0.25, 0.3) is 0 Å². The molecule has 1 aliphatic heterocycles. The molecule has 2 nitrogen and oxygen atoms in total. The van der Waals surface area contributed by atoms with E-state index in [9.17, 15) is 0 Å². The Balaban J connectivity index is 1.74. The van der Waals surface area contributed by atoms with Crippen LogP contribution in [0.1, 0.15) is 30.0 Å². The van der Waals surface area contributed by atoms with Gasteiger partial charge in [-0.15, -0.1) is 0 Å². The number of hydrogen-bond acceptors (Lipinski definition) is 2. The lowest BCUT2D eigenvalue weighted by Crippen LogP contribution is -2.39. The molecule has 1 N–H and O–H groups in total. The fourth-order valence-corrected chi connectivity index (χ4v) is 3.52. The molecule has 0 aliphatic carbocycles. The van der Waals surface area contributed by atoms with Gasteiger partial charge in [-0.2, -0.15) is 0 Å². The second-order valence-corrected chi connectivity index (χ2v) is 6.42. The van der Waals surface area contributed by atoms with Crippen LogP contribution in [0, 0.1) is 5.92 Å². The smallest absolute Gasteiger partial charge is 0.0363 e. The minimum Gasteiger partial charge on any atom is -0.306 e. The van der Waals surface area contributed by atoms with Crippen molar-refractivity contribution in [3.63, 3.8) is 0 Å². The molecule has 2 atom stereocenters. The monoisotopic (exact) mass is 294 g/mol. The lowest BCUT2D eigenvalue weighted by Gasteiger charge is -2.36. The summed E-state index contributed by atoms with van der Waals surface area (Å²) in [7, 11) is 2.24. The van der Waals surface area contributed by atoms with Crippen molar-refractivity contribution in [2.45, 2.75) is 25.4 Å². The second-order valence-electron chi connectivity index (χ2n) is 6.42. The molecule has 0 aromatic heterocycles. The van der Waals surface area contributed by atoms with E-state index in [-0.39, 0.29) is 0 Å². The number of rotatable bonds is 5. The fraction of sp³-hybridized carbons (Fsp3) is 0.400. The number of hydrogen-bond donors (Lipinski definition) is 1. The summed E-state index contributed by atoms with van der Waals surface area (Å²) in [5.74, 6) is 0.685. The highest BCUT2D eigenvalue weighted by atomic mass is 15.1. The Morgan fingerprint density at radius 1 is 1.05 bits per heavy atom. The Bertz CT molecular complexity index is 552. The van der Waals surface area contributed by atoms with Crippen LogP contribution in [-0.2, 0) is 6.54 Å². The van der Waals surface area contributed by atoms with Crippen LogP contribution in [0.2, 0.25) is 0 Å². The van der Waals surface area contributed by atoms with Gasteiger partial charge in [-0.25, -0.2) is 0 Å². The van der Waals surface area contributed by atoms with Crippen LogP contribution in [0.25, 0.3) is 0 Å². The molecule has 0 radical (unpaired) electrons. The van der Waals surface area contributed by atoms with Crippen LogP contribution in [0.15, 0.2) is 60.7 Å². The van der Waals surface area contributed by atoms with E-state index in [2.05, 4.69) is 77.9 Å². The first-order chi connectivity index (χ1) is 10.8. The number of nitrogens with one attached hydrogen (secondary N) is 1. The molecule has 2 unspecified atom stereocenters. The van der Waals surface area contributed by atoms with E-state index in [0.717, 1.165) is 6.54 Å². The van der Waals surface area contributed by atoms with Crippen molar-refractivity contribution < 1.29 is 0 Å². The second kappa shape index (κ2) is 7.57. The Labute approximate surface area is 134 Å². The Kier molecular flexibility index (Phi) is 5.25. The third-order valence-electron chi connectivity index (χ3n) is 4.66. The molecule has 1 fully saturated rings. The summed E-state index contributed by atoms with van der Waals surface area (Å²) < 4.78 is 0. The number of piperidine rings is 1. The van der Waals surface area contributed by atoms with E-state index in [0.29, 0.717) is 12.0 Å².